The predicted molar refractivity (Wildman–Crippen MR) is 118 cm³/mol. The van der Waals surface area contributed by atoms with Gasteiger partial charge in [0.25, 0.3) is 11.8 Å². The van der Waals surface area contributed by atoms with Crippen molar-refractivity contribution in [2.75, 3.05) is 37.6 Å². The van der Waals surface area contributed by atoms with Gasteiger partial charge in [0, 0.05) is 56.1 Å². The number of nitrogens with one attached hydrogen (secondary N) is 1. The molecule has 0 aliphatic carbocycles. The van der Waals surface area contributed by atoms with Crippen molar-refractivity contribution in [3.63, 3.8) is 0 Å². The van der Waals surface area contributed by atoms with Crippen LogP contribution < -0.4 is 4.90 Å². The van der Waals surface area contributed by atoms with Crippen molar-refractivity contribution in [1.29, 1.82) is 0 Å². The van der Waals surface area contributed by atoms with Crippen LogP contribution in [0.25, 0.3) is 0 Å². The van der Waals surface area contributed by atoms with E-state index in [1.165, 1.54) is 24.3 Å². The molecule has 1 N–H and O–H groups in total. The molecule has 3 heterocycles. The summed E-state index contributed by atoms with van der Waals surface area (Å²) in [7, 11) is 0. The Balaban J connectivity index is 1.28. The summed E-state index contributed by atoms with van der Waals surface area (Å²) in [5.41, 5.74) is 2.78. The van der Waals surface area contributed by atoms with Crippen molar-refractivity contribution in [1.82, 2.24) is 20.0 Å². The van der Waals surface area contributed by atoms with E-state index in [1.54, 1.807) is 34.1 Å². The maximum absolute atomic E-state index is 14.1. The molecule has 2 amide bonds. The number of halogens is 2. The molecule has 2 aliphatic rings. The van der Waals surface area contributed by atoms with Crippen LogP contribution in [0, 0.1) is 11.6 Å². The van der Waals surface area contributed by atoms with Crippen molar-refractivity contribution >= 4 is 17.5 Å². The molecule has 1 fully saturated rings. The SMILES string of the molecule is O=C(c1ccccc1F)N1CCc2[nH]nc(C(=O)N3CCN(c4ccc(F)cc4)CC3)c2C1. The minimum Gasteiger partial charge on any atom is -0.368 e. The molecular weight excluding hydrogens is 428 g/mol. The van der Waals surface area contributed by atoms with E-state index >= 15 is 0 Å². The van der Waals surface area contributed by atoms with Crippen LogP contribution in [0.1, 0.15) is 32.1 Å². The fourth-order valence-corrected chi connectivity index (χ4v) is 4.42. The predicted octanol–water partition coefficient (Wildman–Crippen LogP) is 2.85. The van der Waals surface area contributed by atoms with E-state index in [9.17, 15) is 18.4 Å². The zero-order valence-electron chi connectivity index (χ0n) is 17.9. The molecule has 2 aromatic carbocycles. The summed E-state index contributed by atoms with van der Waals surface area (Å²) in [6.07, 6.45) is 0.522. The van der Waals surface area contributed by atoms with Gasteiger partial charge in [0.15, 0.2) is 5.69 Å². The highest BCUT2D eigenvalue weighted by molar-refractivity contribution is 5.96. The average Bonchev–Trinajstić information content (AvgIpc) is 3.27. The van der Waals surface area contributed by atoms with Crippen molar-refractivity contribution in [2.24, 2.45) is 0 Å². The van der Waals surface area contributed by atoms with Crippen LogP contribution in [-0.2, 0) is 13.0 Å². The number of H-pyrrole nitrogens is 1. The van der Waals surface area contributed by atoms with Crippen LogP contribution in [0.4, 0.5) is 14.5 Å². The van der Waals surface area contributed by atoms with Gasteiger partial charge >= 0.3 is 0 Å². The first-order chi connectivity index (χ1) is 16.0. The first-order valence-electron chi connectivity index (χ1n) is 10.9. The Bertz CT molecular complexity index is 1190. The lowest BCUT2D eigenvalue weighted by Crippen LogP contribution is -2.49. The molecule has 9 heteroatoms. The topological polar surface area (TPSA) is 72.5 Å². The molecule has 0 bridgehead atoms. The highest BCUT2D eigenvalue weighted by Crippen LogP contribution is 2.24. The van der Waals surface area contributed by atoms with Gasteiger partial charge in [-0.25, -0.2) is 8.78 Å². The van der Waals surface area contributed by atoms with Gasteiger partial charge in [-0.1, -0.05) is 12.1 Å². The molecule has 0 unspecified atom stereocenters. The molecule has 0 spiro atoms. The summed E-state index contributed by atoms with van der Waals surface area (Å²) in [4.78, 5) is 31.5. The van der Waals surface area contributed by atoms with E-state index < -0.39 is 11.7 Å². The number of hydrogen-bond acceptors (Lipinski definition) is 4. The number of benzene rings is 2. The third-order valence-corrected chi connectivity index (χ3v) is 6.29. The summed E-state index contributed by atoms with van der Waals surface area (Å²) in [5.74, 6) is -1.42. The third-order valence-electron chi connectivity index (χ3n) is 6.29. The van der Waals surface area contributed by atoms with Crippen LogP contribution in [-0.4, -0.2) is 64.5 Å². The Kier molecular flexibility index (Phi) is 5.53. The molecule has 1 aromatic heterocycles. The number of rotatable bonds is 3. The van der Waals surface area contributed by atoms with Gasteiger partial charge in [0.2, 0.25) is 0 Å². The van der Waals surface area contributed by atoms with E-state index in [0.717, 1.165) is 11.4 Å². The number of hydrogen-bond donors (Lipinski definition) is 1. The maximum atomic E-state index is 14.1. The molecule has 0 radical (unpaired) electrons. The lowest BCUT2D eigenvalue weighted by molar-refractivity contribution is 0.0706. The van der Waals surface area contributed by atoms with E-state index in [4.69, 9.17) is 0 Å². The molecule has 3 aromatic rings. The first kappa shape index (κ1) is 21.1. The third kappa shape index (κ3) is 4.06. The normalized spacial score (nSPS) is 16.0. The minimum absolute atomic E-state index is 0.0224. The number of carbonyl (C=O) groups excluding carboxylic acids is 2. The second-order valence-electron chi connectivity index (χ2n) is 8.24. The summed E-state index contributed by atoms with van der Waals surface area (Å²) in [6.45, 7) is 2.90. The van der Waals surface area contributed by atoms with E-state index in [2.05, 4.69) is 15.1 Å². The van der Waals surface area contributed by atoms with Gasteiger partial charge in [-0.3, -0.25) is 14.7 Å². The van der Waals surface area contributed by atoms with Gasteiger partial charge in [0.1, 0.15) is 11.6 Å². The molecule has 5 rings (SSSR count). The quantitative estimate of drug-likeness (QED) is 0.665. The Labute approximate surface area is 189 Å². The van der Waals surface area contributed by atoms with Crippen molar-refractivity contribution in [3.05, 3.63) is 82.7 Å². The van der Waals surface area contributed by atoms with Crippen LogP contribution in [0.2, 0.25) is 0 Å². The first-order valence-corrected chi connectivity index (χ1v) is 10.9. The van der Waals surface area contributed by atoms with Crippen LogP contribution in [0.3, 0.4) is 0 Å². The summed E-state index contributed by atoms with van der Waals surface area (Å²) in [6, 6.07) is 12.2. The van der Waals surface area contributed by atoms with E-state index in [0.29, 0.717) is 50.4 Å². The van der Waals surface area contributed by atoms with Crippen LogP contribution >= 0.6 is 0 Å². The summed E-state index contributed by atoms with van der Waals surface area (Å²) < 4.78 is 27.3. The molecule has 170 valence electrons. The van der Waals surface area contributed by atoms with Gasteiger partial charge < -0.3 is 14.7 Å². The Morgan fingerprint density at radius 1 is 0.848 bits per heavy atom. The highest BCUT2D eigenvalue weighted by atomic mass is 19.1. The smallest absolute Gasteiger partial charge is 0.274 e. The lowest BCUT2D eigenvalue weighted by Gasteiger charge is -2.36. The molecule has 0 saturated carbocycles. The second kappa shape index (κ2) is 8.65. The Morgan fingerprint density at radius 3 is 2.30 bits per heavy atom. The second-order valence-corrected chi connectivity index (χ2v) is 8.24. The number of nitrogens with zero attached hydrogens (tertiary/aromatic N) is 4. The number of amides is 2. The molecule has 33 heavy (non-hydrogen) atoms. The summed E-state index contributed by atoms with van der Waals surface area (Å²) >= 11 is 0. The molecule has 1 saturated heterocycles. The lowest BCUT2D eigenvalue weighted by atomic mass is 10.0. The van der Waals surface area contributed by atoms with Crippen LogP contribution in [0.15, 0.2) is 48.5 Å². The number of anilines is 1. The van der Waals surface area contributed by atoms with Crippen molar-refractivity contribution in [2.45, 2.75) is 13.0 Å². The van der Waals surface area contributed by atoms with Crippen LogP contribution in [0.5, 0.6) is 0 Å². The van der Waals surface area contributed by atoms with Crippen molar-refractivity contribution in [3.8, 4) is 0 Å². The summed E-state index contributed by atoms with van der Waals surface area (Å²) in [5, 5.41) is 7.20. The molecule has 2 aliphatic heterocycles. The molecular formula is C24H23F2N5O2. The average molecular weight is 451 g/mol. The monoisotopic (exact) mass is 451 g/mol. The number of piperazine rings is 1. The van der Waals surface area contributed by atoms with Gasteiger partial charge in [-0.2, -0.15) is 5.10 Å². The van der Waals surface area contributed by atoms with Crippen molar-refractivity contribution < 1.29 is 18.4 Å². The minimum atomic E-state index is -0.559. The van der Waals surface area contributed by atoms with E-state index in [-0.39, 0.29) is 23.8 Å². The Morgan fingerprint density at radius 2 is 1.58 bits per heavy atom. The highest BCUT2D eigenvalue weighted by Gasteiger charge is 2.32. The molecule has 7 nitrogen and oxygen atoms in total. The standard InChI is InChI=1S/C24H23F2N5O2/c25-16-5-7-17(8-6-16)29-11-13-30(14-12-29)24(33)22-19-15-31(10-9-21(19)27-28-22)23(32)18-3-1-2-4-20(18)26/h1-8H,9-15H2,(H,27,28). The Hall–Kier alpha value is -3.75. The fraction of sp³-hybridized carbons (Fsp3) is 0.292. The number of carbonyl (C=O) groups is 2. The van der Waals surface area contributed by atoms with Gasteiger partial charge in [-0.15, -0.1) is 0 Å². The number of fused-ring (bicyclic) bond motifs is 1. The van der Waals surface area contributed by atoms with Gasteiger partial charge in [-0.05, 0) is 36.4 Å². The zero-order valence-corrected chi connectivity index (χ0v) is 17.9. The zero-order chi connectivity index (χ0) is 22.9. The van der Waals surface area contributed by atoms with Gasteiger partial charge in [0.05, 0.1) is 12.1 Å². The number of aromatic amines is 1. The molecule has 0 atom stereocenters. The fourth-order valence-electron chi connectivity index (χ4n) is 4.42. The van der Waals surface area contributed by atoms with E-state index in [1.807, 2.05) is 0 Å². The number of aromatic nitrogens is 2. The maximum Gasteiger partial charge on any atom is 0.274 e. The largest absolute Gasteiger partial charge is 0.368 e.